The maximum absolute atomic E-state index is 12.9. The molecule has 0 spiro atoms. The van der Waals surface area contributed by atoms with E-state index in [1.807, 2.05) is 0 Å². The maximum Gasteiger partial charge on any atom is 0.306 e. The van der Waals surface area contributed by atoms with Crippen LogP contribution >= 0.6 is 0 Å². The van der Waals surface area contributed by atoms with E-state index in [1.165, 1.54) is 315 Å². The van der Waals surface area contributed by atoms with Crippen molar-refractivity contribution >= 4 is 17.9 Å². The van der Waals surface area contributed by atoms with Crippen LogP contribution in [0.15, 0.2) is 12.2 Å². The standard InChI is InChI=1S/C72H138O6/c1-4-7-10-13-16-19-22-25-27-29-31-33-35-36-37-39-40-42-44-47-50-53-56-59-62-65-71(74)77-68-69(67-76-70(73)64-61-58-55-52-49-46-24-21-18-15-12-9-6-3)78-72(75)66-63-60-57-54-51-48-45-43-41-38-34-32-30-28-26-23-20-17-14-11-8-5-2/h29,31,69H,4-28,30,32-68H2,1-3H3/b31-29-. The van der Waals surface area contributed by atoms with Gasteiger partial charge in [0.25, 0.3) is 0 Å². The Bertz CT molecular complexity index is 1210. The first kappa shape index (κ1) is 76.1. The van der Waals surface area contributed by atoms with Crippen molar-refractivity contribution in [2.24, 2.45) is 0 Å². The van der Waals surface area contributed by atoms with Crippen LogP contribution in [0.25, 0.3) is 0 Å². The first-order valence-electron chi connectivity index (χ1n) is 35.7. The van der Waals surface area contributed by atoms with Crippen molar-refractivity contribution in [3.63, 3.8) is 0 Å². The minimum absolute atomic E-state index is 0.0625. The third kappa shape index (κ3) is 65.0. The monoisotopic (exact) mass is 1100 g/mol. The van der Waals surface area contributed by atoms with Gasteiger partial charge < -0.3 is 14.2 Å². The maximum atomic E-state index is 12.9. The molecule has 0 aliphatic heterocycles. The Balaban J connectivity index is 4.20. The molecule has 1 unspecified atom stereocenters. The number of allylic oxidation sites excluding steroid dienone is 2. The van der Waals surface area contributed by atoms with Gasteiger partial charge in [0.1, 0.15) is 13.2 Å². The highest BCUT2D eigenvalue weighted by Crippen LogP contribution is 2.19. The van der Waals surface area contributed by atoms with Crippen LogP contribution in [0.5, 0.6) is 0 Å². The lowest BCUT2D eigenvalue weighted by Gasteiger charge is -2.18. The molecule has 0 bridgehead atoms. The molecule has 0 amide bonds. The van der Waals surface area contributed by atoms with Gasteiger partial charge in [0.05, 0.1) is 0 Å². The summed E-state index contributed by atoms with van der Waals surface area (Å²) in [5.41, 5.74) is 0. The Hall–Kier alpha value is -1.85. The minimum atomic E-state index is -0.766. The van der Waals surface area contributed by atoms with Gasteiger partial charge in [-0.1, -0.05) is 360 Å². The summed E-state index contributed by atoms with van der Waals surface area (Å²) in [6.45, 7) is 6.73. The molecule has 0 aliphatic rings. The van der Waals surface area contributed by atoms with Crippen LogP contribution in [-0.2, 0) is 28.6 Å². The first-order valence-corrected chi connectivity index (χ1v) is 35.7. The van der Waals surface area contributed by atoms with Crippen LogP contribution in [0, 0.1) is 0 Å². The fourth-order valence-electron chi connectivity index (χ4n) is 11.2. The zero-order valence-corrected chi connectivity index (χ0v) is 53.2. The summed E-state index contributed by atoms with van der Waals surface area (Å²) >= 11 is 0. The quantitative estimate of drug-likeness (QED) is 0.0261. The predicted molar refractivity (Wildman–Crippen MR) is 340 cm³/mol. The predicted octanol–water partition coefficient (Wildman–Crippen LogP) is 24.4. The third-order valence-electron chi connectivity index (χ3n) is 16.5. The van der Waals surface area contributed by atoms with Gasteiger partial charge in [-0.15, -0.1) is 0 Å². The number of carbonyl (C=O) groups excluding carboxylic acids is 3. The molecule has 6 heteroatoms. The Morgan fingerprint density at radius 2 is 0.423 bits per heavy atom. The van der Waals surface area contributed by atoms with E-state index in [1.54, 1.807) is 0 Å². The van der Waals surface area contributed by atoms with Crippen molar-refractivity contribution in [1.82, 2.24) is 0 Å². The zero-order valence-electron chi connectivity index (χ0n) is 53.2. The van der Waals surface area contributed by atoms with Crippen LogP contribution in [0.1, 0.15) is 412 Å². The highest BCUT2D eigenvalue weighted by Gasteiger charge is 2.19. The molecule has 0 rings (SSSR count). The Morgan fingerprint density at radius 3 is 0.641 bits per heavy atom. The van der Waals surface area contributed by atoms with Crippen LogP contribution in [-0.4, -0.2) is 37.2 Å². The lowest BCUT2D eigenvalue weighted by Crippen LogP contribution is -2.30. The van der Waals surface area contributed by atoms with Crippen LogP contribution in [0.3, 0.4) is 0 Å². The number of hydrogen-bond donors (Lipinski definition) is 0. The van der Waals surface area contributed by atoms with Gasteiger partial charge in [-0.2, -0.15) is 0 Å². The van der Waals surface area contributed by atoms with Crippen molar-refractivity contribution in [2.45, 2.75) is 419 Å². The zero-order chi connectivity index (χ0) is 56.4. The molecule has 0 aliphatic carbocycles. The molecule has 6 nitrogen and oxygen atoms in total. The van der Waals surface area contributed by atoms with E-state index in [9.17, 15) is 14.4 Å². The average Bonchev–Trinajstić information content (AvgIpc) is 3.44. The second-order valence-corrected chi connectivity index (χ2v) is 24.5. The summed E-state index contributed by atoms with van der Waals surface area (Å²) in [6.07, 6.45) is 81.0. The van der Waals surface area contributed by atoms with Gasteiger partial charge in [0.15, 0.2) is 6.10 Å². The van der Waals surface area contributed by atoms with Crippen molar-refractivity contribution in [1.29, 1.82) is 0 Å². The second-order valence-electron chi connectivity index (χ2n) is 24.5. The molecule has 0 fully saturated rings. The van der Waals surface area contributed by atoms with Gasteiger partial charge >= 0.3 is 17.9 Å². The first-order chi connectivity index (χ1) is 38.5. The molecule has 0 aromatic rings. The fourth-order valence-corrected chi connectivity index (χ4v) is 11.2. The van der Waals surface area contributed by atoms with Crippen molar-refractivity contribution < 1.29 is 28.6 Å². The summed E-state index contributed by atoms with van der Waals surface area (Å²) in [7, 11) is 0. The number of carbonyl (C=O) groups is 3. The Morgan fingerprint density at radius 1 is 0.244 bits per heavy atom. The summed E-state index contributed by atoms with van der Waals surface area (Å²) in [5.74, 6) is -0.826. The van der Waals surface area contributed by atoms with Crippen LogP contribution in [0.4, 0.5) is 0 Å². The number of unbranched alkanes of at least 4 members (excludes halogenated alkanes) is 54. The topological polar surface area (TPSA) is 78.9 Å². The van der Waals surface area contributed by atoms with Crippen molar-refractivity contribution in [3.8, 4) is 0 Å². The molecule has 78 heavy (non-hydrogen) atoms. The van der Waals surface area contributed by atoms with E-state index >= 15 is 0 Å². The van der Waals surface area contributed by atoms with E-state index < -0.39 is 6.10 Å². The lowest BCUT2D eigenvalue weighted by molar-refractivity contribution is -0.167. The second kappa shape index (κ2) is 67.7. The summed E-state index contributed by atoms with van der Waals surface area (Å²) in [4.78, 5) is 38.4. The van der Waals surface area contributed by atoms with E-state index in [-0.39, 0.29) is 31.1 Å². The SMILES string of the molecule is CCCCCCCCCC/C=C\CCCCCCCCCCCCCCCC(=O)OCC(COC(=O)CCCCCCCCCCCCCCC)OC(=O)CCCCCCCCCCCCCCCCCCCCCCCC. The molecule has 0 heterocycles. The smallest absolute Gasteiger partial charge is 0.306 e. The Labute approximate surface area is 488 Å². The number of rotatable bonds is 67. The summed E-state index contributed by atoms with van der Waals surface area (Å²) in [5, 5.41) is 0. The van der Waals surface area contributed by atoms with E-state index in [0.717, 1.165) is 57.8 Å². The van der Waals surface area contributed by atoms with Gasteiger partial charge in [-0.3, -0.25) is 14.4 Å². The van der Waals surface area contributed by atoms with Crippen LogP contribution < -0.4 is 0 Å². The summed E-state index contributed by atoms with van der Waals surface area (Å²) in [6, 6.07) is 0. The molecular formula is C72H138O6. The van der Waals surface area contributed by atoms with E-state index in [4.69, 9.17) is 14.2 Å². The van der Waals surface area contributed by atoms with Crippen molar-refractivity contribution in [2.75, 3.05) is 13.2 Å². The number of hydrogen-bond acceptors (Lipinski definition) is 6. The fraction of sp³-hybridized carbons (Fsp3) is 0.931. The van der Waals surface area contributed by atoms with Crippen molar-refractivity contribution in [3.05, 3.63) is 12.2 Å². The molecule has 0 radical (unpaired) electrons. The van der Waals surface area contributed by atoms with Gasteiger partial charge in [-0.05, 0) is 44.9 Å². The van der Waals surface area contributed by atoms with Gasteiger partial charge in [-0.25, -0.2) is 0 Å². The normalized spacial score (nSPS) is 12.0. The molecule has 0 N–H and O–H groups in total. The van der Waals surface area contributed by atoms with Gasteiger partial charge in [0, 0.05) is 19.3 Å². The highest BCUT2D eigenvalue weighted by molar-refractivity contribution is 5.71. The highest BCUT2D eigenvalue weighted by atomic mass is 16.6. The Kier molecular flexibility index (Phi) is 66.0. The number of ether oxygens (including phenoxy) is 3. The third-order valence-corrected chi connectivity index (χ3v) is 16.5. The molecule has 1 atom stereocenters. The largest absolute Gasteiger partial charge is 0.462 e. The molecule has 0 aromatic carbocycles. The van der Waals surface area contributed by atoms with E-state index in [2.05, 4.69) is 32.9 Å². The van der Waals surface area contributed by atoms with E-state index in [0.29, 0.717) is 19.3 Å². The molecule has 0 aromatic heterocycles. The number of esters is 3. The van der Waals surface area contributed by atoms with Gasteiger partial charge in [0.2, 0.25) is 0 Å². The molecule has 0 saturated heterocycles. The molecule has 0 saturated carbocycles. The van der Waals surface area contributed by atoms with Crippen LogP contribution in [0.2, 0.25) is 0 Å². The molecular weight excluding hydrogens is 961 g/mol. The lowest BCUT2D eigenvalue weighted by atomic mass is 10.0. The minimum Gasteiger partial charge on any atom is -0.462 e. The average molecular weight is 1100 g/mol. The summed E-state index contributed by atoms with van der Waals surface area (Å²) < 4.78 is 17.0. The molecule has 462 valence electrons.